The number of ether oxygens (including phenoxy) is 2. The third kappa shape index (κ3) is 5.25. The molecule has 0 aliphatic rings. The molecule has 0 saturated heterocycles. The molecular formula is C21H17ClN4O4S. The molecule has 2 aromatic carbocycles. The molecule has 3 aromatic rings. The van der Waals surface area contributed by atoms with Crippen LogP contribution >= 0.6 is 23.8 Å². The molecule has 3 N–H and O–H groups in total. The summed E-state index contributed by atoms with van der Waals surface area (Å²) in [5.41, 5.74) is 1.69. The molecule has 8 nitrogen and oxygen atoms in total. The van der Waals surface area contributed by atoms with E-state index in [-0.39, 0.29) is 16.4 Å². The molecule has 158 valence electrons. The zero-order valence-electron chi connectivity index (χ0n) is 16.5. The fourth-order valence-electron chi connectivity index (χ4n) is 2.66. The van der Waals surface area contributed by atoms with Crippen LogP contribution in [0.1, 0.15) is 16.1 Å². The Balaban J connectivity index is 1.74. The highest BCUT2D eigenvalue weighted by Crippen LogP contribution is 2.36. The SMILES string of the molecule is COc1cc(OC)c(NC(=S)Nc2ccc(NC(=O)c3ccco3)cc2C#N)cc1Cl. The first-order chi connectivity index (χ1) is 14.9. The molecule has 10 heteroatoms. The van der Waals surface area contributed by atoms with Crippen LogP contribution in [0.25, 0.3) is 0 Å². The Bertz CT molecular complexity index is 1160. The molecule has 0 unspecified atom stereocenters. The highest BCUT2D eigenvalue weighted by Gasteiger charge is 2.14. The molecule has 0 radical (unpaired) electrons. The van der Waals surface area contributed by atoms with Gasteiger partial charge in [-0.1, -0.05) is 11.6 Å². The Hall–Kier alpha value is -3.74. The quantitative estimate of drug-likeness (QED) is 0.450. The van der Waals surface area contributed by atoms with Crippen molar-refractivity contribution in [3.63, 3.8) is 0 Å². The van der Waals surface area contributed by atoms with Crippen LogP contribution in [0.5, 0.6) is 11.5 Å². The van der Waals surface area contributed by atoms with Gasteiger partial charge in [0, 0.05) is 11.8 Å². The Morgan fingerprint density at radius 2 is 1.81 bits per heavy atom. The van der Waals surface area contributed by atoms with E-state index in [0.29, 0.717) is 33.6 Å². The lowest BCUT2D eigenvalue weighted by Gasteiger charge is -2.16. The summed E-state index contributed by atoms with van der Waals surface area (Å²) >= 11 is 11.5. The number of carbonyl (C=O) groups is 1. The summed E-state index contributed by atoms with van der Waals surface area (Å²) in [7, 11) is 3.01. The molecule has 0 aliphatic heterocycles. The number of amides is 1. The van der Waals surface area contributed by atoms with Gasteiger partial charge >= 0.3 is 0 Å². The minimum atomic E-state index is -0.421. The number of methoxy groups -OCH3 is 2. The van der Waals surface area contributed by atoms with E-state index in [1.54, 1.807) is 36.4 Å². The molecule has 0 aliphatic carbocycles. The van der Waals surface area contributed by atoms with Crippen molar-refractivity contribution >= 4 is 51.9 Å². The average Bonchev–Trinajstić information content (AvgIpc) is 3.30. The second kappa shape index (κ2) is 9.84. The normalized spacial score (nSPS) is 10.0. The van der Waals surface area contributed by atoms with E-state index in [1.165, 1.54) is 26.5 Å². The lowest BCUT2D eigenvalue weighted by molar-refractivity contribution is 0.0996. The summed E-state index contributed by atoms with van der Waals surface area (Å²) < 4.78 is 15.6. The van der Waals surface area contributed by atoms with Crippen LogP contribution < -0.4 is 25.4 Å². The maximum absolute atomic E-state index is 12.1. The van der Waals surface area contributed by atoms with Crippen LogP contribution in [-0.4, -0.2) is 25.2 Å². The van der Waals surface area contributed by atoms with Crippen LogP contribution in [0.3, 0.4) is 0 Å². The van der Waals surface area contributed by atoms with E-state index in [9.17, 15) is 10.1 Å². The van der Waals surface area contributed by atoms with Crippen molar-refractivity contribution in [1.82, 2.24) is 0 Å². The first kappa shape index (κ1) is 22.0. The maximum atomic E-state index is 12.1. The van der Waals surface area contributed by atoms with Gasteiger partial charge in [-0.05, 0) is 48.6 Å². The van der Waals surface area contributed by atoms with Crippen LogP contribution in [0.2, 0.25) is 5.02 Å². The molecular weight excluding hydrogens is 440 g/mol. The number of benzene rings is 2. The molecule has 1 heterocycles. The number of nitrogens with zero attached hydrogens (tertiary/aromatic N) is 1. The standard InChI is InChI=1S/C21H17ClN4O4S/c1-28-18-10-19(29-2)16(9-14(18)22)26-21(31)25-15-6-5-13(8-12(15)11-23)24-20(27)17-4-3-7-30-17/h3-10H,1-2H3,(H,24,27)(H2,25,26,31). The van der Waals surface area contributed by atoms with Gasteiger partial charge in [-0.25, -0.2) is 0 Å². The number of nitrogens with one attached hydrogen (secondary N) is 3. The first-order valence-corrected chi connectivity index (χ1v) is 9.62. The summed E-state index contributed by atoms with van der Waals surface area (Å²) in [4.78, 5) is 12.1. The number of rotatable bonds is 6. The molecule has 0 spiro atoms. The van der Waals surface area contributed by atoms with Crippen molar-refractivity contribution < 1.29 is 18.7 Å². The number of anilines is 3. The van der Waals surface area contributed by atoms with Crippen LogP contribution in [0, 0.1) is 11.3 Å². The second-order valence-electron chi connectivity index (χ2n) is 6.07. The van der Waals surface area contributed by atoms with Gasteiger partial charge in [0.1, 0.15) is 17.6 Å². The van der Waals surface area contributed by atoms with Gasteiger partial charge in [0.2, 0.25) is 0 Å². The van der Waals surface area contributed by atoms with Crippen molar-refractivity contribution in [2.75, 3.05) is 30.2 Å². The monoisotopic (exact) mass is 456 g/mol. The van der Waals surface area contributed by atoms with Crippen molar-refractivity contribution in [1.29, 1.82) is 5.26 Å². The minimum absolute atomic E-state index is 0.165. The number of hydrogen-bond donors (Lipinski definition) is 3. The number of thiocarbonyl (C=S) groups is 1. The minimum Gasteiger partial charge on any atom is -0.495 e. The topological polar surface area (TPSA) is 109 Å². The number of nitriles is 1. The van der Waals surface area contributed by atoms with Gasteiger partial charge in [-0.3, -0.25) is 4.79 Å². The lowest BCUT2D eigenvalue weighted by Crippen LogP contribution is -2.20. The number of hydrogen-bond acceptors (Lipinski definition) is 6. The molecule has 3 rings (SSSR count). The Labute approximate surface area is 188 Å². The summed E-state index contributed by atoms with van der Waals surface area (Å²) in [5, 5.41) is 18.7. The van der Waals surface area contributed by atoms with Gasteiger partial charge in [0.15, 0.2) is 10.9 Å². The smallest absolute Gasteiger partial charge is 0.291 e. The van der Waals surface area contributed by atoms with Crippen molar-refractivity contribution in [3.05, 3.63) is 65.1 Å². The highest BCUT2D eigenvalue weighted by atomic mass is 35.5. The van der Waals surface area contributed by atoms with Crippen molar-refractivity contribution in [2.45, 2.75) is 0 Å². The lowest BCUT2D eigenvalue weighted by atomic mass is 10.1. The third-order valence-corrected chi connectivity index (χ3v) is 4.61. The van der Waals surface area contributed by atoms with E-state index >= 15 is 0 Å². The Morgan fingerprint density at radius 1 is 1.06 bits per heavy atom. The molecule has 1 aromatic heterocycles. The first-order valence-electron chi connectivity index (χ1n) is 8.83. The summed E-state index contributed by atoms with van der Waals surface area (Å²) in [6.45, 7) is 0. The van der Waals surface area contributed by atoms with E-state index < -0.39 is 5.91 Å². The van der Waals surface area contributed by atoms with Crippen LogP contribution in [0.15, 0.2) is 53.1 Å². The molecule has 0 bridgehead atoms. The fraction of sp³-hybridized carbons (Fsp3) is 0.0952. The molecule has 0 fully saturated rings. The maximum Gasteiger partial charge on any atom is 0.291 e. The summed E-state index contributed by atoms with van der Waals surface area (Å²) in [6.07, 6.45) is 1.40. The van der Waals surface area contributed by atoms with Crippen molar-refractivity contribution in [2.24, 2.45) is 0 Å². The highest BCUT2D eigenvalue weighted by molar-refractivity contribution is 7.80. The third-order valence-electron chi connectivity index (χ3n) is 4.11. The second-order valence-corrected chi connectivity index (χ2v) is 6.89. The van der Waals surface area contributed by atoms with Gasteiger partial charge in [-0.2, -0.15) is 5.26 Å². The number of furan rings is 1. The van der Waals surface area contributed by atoms with E-state index in [2.05, 4.69) is 22.0 Å². The predicted molar refractivity (Wildman–Crippen MR) is 122 cm³/mol. The predicted octanol–water partition coefficient (Wildman–Crippen LogP) is 4.88. The molecule has 0 atom stereocenters. The van der Waals surface area contributed by atoms with Gasteiger partial charge < -0.3 is 29.8 Å². The molecule has 0 saturated carbocycles. The van der Waals surface area contributed by atoms with Crippen LogP contribution in [-0.2, 0) is 0 Å². The Kier molecular flexibility index (Phi) is 6.97. The van der Waals surface area contributed by atoms with Gasteiger partial charge in [-0.15, -0.1) is 0 Å². The zero-order chi connectivity index (χ0) is 22.4. The largest absolute Gasteiger partial charge is 0.495 e. The van der Waals surface area contributed by atoms with E-state index in [4.69, 9.17) is 37.7 Å². The van der Waals surface area contributed by atoms with Gasteiger partial charge in [0.25, 0.3) is 5.91 Å². The molecule has 31 heavy (non-hydrogen) atoms. The number of carbonyl (C=O) groups excluding carboxylic acids is 1. The fourth-order valence-corrected chi connectivity index (χ4v) is 3.12. The van der Waals surface area contributed by atoms with Crippen LogP contribution in [0.4, 0.5) is 17.1 Å². The molecule has 1 amide bonds. The summed E-state index contributed by atoms with van der Waals surface area (Å²) in [5.74, 6) is 0.678. The number of halogens is 1. The zero-order valence-corrected chi connectivity index (χ0v) is 18.1. The van der Waals surface area contributed by atoms with E-state index in [0.717, 1.165) is 0 Å². The van der Waals surface area contributed by atoms with E-state index in [1.807, 2.05) is 0 Å². The van der Waals surface area contributed by atoms with Gasteiger partial charge in [0.05, 0.1) is 42.4 Å². The average molecular weight is 457 g/mol. The summed E-state index contributed by atoms with van der Waals surface area (Å²) in [6, 6.07) is 13.3. The van der Waals surface area contributed by atoms with Crippen molar-refractivity contribution in [3.8, 4) is 17.6 Å². The Morgan fingerprint density at radius 3 is 2.45 bits per heavy atom.